The molecule has 3 N–H and O–H groups in total. The minimum atomic E-state index is -0.810. The number of rotatable bonds is 3. The number of nitrogens with two attached hydrogens (primary N) is 1. The van der Waals surface area contributed by atoms with Crippen molar-refractivity contribution < 1.29 is 9.59 Å². The maximum Gasteiger partial charge on any atom is 0.319 e. The van der Waals surface area contributed by atoms with Crippen molar-refractivity contribution in [1.82, 2.24) is 5.32 Å². The third-order valence-electron chi connectivity index (χ3n) is 1.40. The second-order valence-electron chi connectivity index (χ2n) is 2.38. The number of carbonyl (C=O) groups is 2. The molecule has 0 aromatic carbocycles. The highest BCUT2D eigenvalue weighted by atomic mass is 16.2. The molecule has 0 aromatic heterocycles. The van der Waals surface area contributed by atoms with Gasteiger partial charge in [-0.25, -0.2) is 4.79 Å². The number of nitrogens with one attached hydrogen (secondary N) is 1. The molecule has 0 aliphatic heterocycles. The molecular weight excluding hydrogens is 156 g/mol. The molecule has 0 spiro atoms. The van der Waals surface area contributed by atoms with Crippen molar-refractivity contribution in [2.75, 3.05) is 0 Å². The molecule has 0 fully saturated rings. The van der Waals surface area contributed by atoms with Crippen molar-refractivity contribution >= 4 is 11.9 Å². The number of urea groups is 1. The highest BCUT2D eigenvalue weighted by molar-refractivity contribution is 6.03. The Morgan fingerprint density at radius 3 is 2.42 bits per heavy atom. The summed E-state index contributed by atoms with van der Waals surface area (Å²) in [6.45, 7) is 3.71. The van der Waals surface area contributed by atoms with Crippen molar-refractivity contribution in [3.63, 3.8) is 0 Å². The minimum Gasteiger partial charge on any atom is -0.351 e. The minimum absolute atomic E-state index is 0.396. The van der Waals surface area contributed by atoms with Gasteiger partial charge in [0.1, 0.15) is 0 Å². The van der Waals surface area contributed by atoms with Crippen molar-refractivity contribution in [3.8, 4) is 0 Å². The van der Waals surface area contributed by atoms with Gasteiger partial charge in [0.25, 0.3) is 5.91 Å². The fourth-order valence-electron chi connectivity index (χ4n) is 0.850. The number of carbonyl (C=O) groups excluding carboxylic acids is 2. The average molecular weight is 170 g/mol. The van der Waals surface area contributed by atoms with Crippen LogP contribution in [0.25, 0.3) is 0 Å². The van der Waals surface area contributed by atoms with E-state index in [2.05, 4.69) is 0 Å². The van der Waals surface area contributed by atoms with Crippen LogP contribution in [0.15, 0.2) is 11.6 Å². The van der Waals surface area contributed by atoms with E-state index in [1.165, 1.54) is 0 Å². The van der Waals surface area contributed by atoms with E-state index in [0.717, 1.165) is 6.42 Å². The summed E-state index contributed by atoms with van der Waals surface area (Å²) in [7, 11) is 0. The maximum atomic E-state index is 11.1. The molecule has 0 aliphatic rings. The molecule has 0 rings (SSSR count). The molecule has 3 amide bonds. The number of imide groups is 1. The Morgan fingerprint density at radius 1 is 1.50 bits per heavy atom. The van der Waals surface area contributed by atoms with Crippen molar-refractivity contribution in [3.05, 3.63) is 11.6 Å². The van der Waals surface area contributed by atoms with Crippen molar-refractivity contribution in [2.45, 2.75) is 26.7 Å². The Labute approximate surface area is 71.8 Å². The number of hydrogen-bond acceptors (Lipinski definition) is 2. The van der Waals surface area contributed by atoms with Gasteiger partial charge in [-0.05, 0) is 13.3 Å². The first-order valence-corrected chi connectivity index (χ1v) is 3.87. The van der Waals surface area contributed by atoms with Crippen molar-refractivity contribution in [2.24, 2.45) is 5.73 Å². The Kier molecular flexibility index (Phi) is 4.76. The molecule has 4 nitrogen and oxygen atoms in total. The van der Waals surface area contributed by atoms with Gasteiger partial charge in [0.15, 0.2) is 0 Å². The summed E-state index contributed by atoms with van der Waals surface area (Å²) in [5, 5.41) is 2.01. The zero-order valence-electron chi connectivity index (χ0n) is 7.39. The molecule has 0 unspecified atom stereocenters. The normalized spacial score (nSPS) is 11.0. The van der Waals surface area contributed by atoms with Gasteiger partial charge in [-0.2, -0.15) is 0 Å². The Morgan fingerprint density at radius 2 is 2.08 bits per heavy atom. The molecule has 0 radical (unpaired) electrons. The van der Waals surface area contributed by atoms with Gasteiger partial charge in [-0.15, -0.1) is 0 Å². The number of amides is 3. The number of primary amides is 1. The fourth-order valence-corrected chi connectivity index (χ4v) is 0.850. The summed E-state index contributed by atoms with van der Waals surface area (Å²) in [6, 6.07) is -0.810. The van der Waals surface area contributed by atoms with Gasteiger partial charge < -0.3 is 5.73 Å². The van der Waals surface area contributed by atoms with E-state index in [1.807, 2.05) is 12.2 Å². The van der Waals surface area contributed by atoms with Crippen LogP contribution in [0.2, 0.25) is 0 Å². The average Bonchev–Trinajstić information content (AvgIpc) is 1.98. The second-order valence-corrected chi connectivity index (χ2v) is 2.38. The summed E-state index contributed by atoms with van der Waals surface area (Å²) in [4.78, 5) is 21.4. The lowest BCUT2D eigenvalue weighted by Gasteiger charge is -2.03. The lowest BCUT2D eigenvalue weighted by molar-refractivity contribution is -0.116. The summed E-state index contributed by atoms with van der Waals surface area (Å²) in [6.07, 6.45) is 3.21. The molecule has 0 aliphatic carbocycles. The lowest BCUT2D eigenvalue weighted by Crippen LogP contribution is -2.35. The monoisotopic (exact) mass is 170 g/mol. The van der Waals surface area contributed by atoms with Gasteiger partial charge in [0, 0.05) is 5.57 Å². The topological polar surface area (TPSA) is 72.2 Å². The van der Waals surface area contributed by atoms with Crippen LogP contribution in [0.5, 0.6) is 0 Å². The first-order chi connectivity index (χ1) is 5.61. The highest BCUT2D eigenvalue weighted by Gasteiger charge is 2.08. The lowest BCUT2D eigenvalue weighted by atomic mass is 10.1. The summed E-state index contributed by atoms with van der Waals surface area (Å²) in [5.74, 6) is -0.396. The third-order valence-corrected chi connectivity index (χ3v) is 1.40. The predicted molar refractivity (Wildman–Crippen MR) is 46.4 cm³/mol. The number of hydrogen-bond donors (Lipinski definition) is 2. The standard InChI is InChI=1S/C8H14N2O2/c1-3-5-6(4-2)7(11)10-8(9)12/h4H,3,5H2,1-2H3,(H3,9,10,11,12)/b6-4+. The van der Waals surface area contributed by atoms with E-state index in [0.29, 0.717) is 12.0 Å². The van der Waals surface area contributed by atoms with Gasteiger partial charge in [0.05, 0.1) is 0 Å². The quantitative estimate of drug-likeness (QED) is 0.618. The van der Waals surface area contributed by atoms with E-state index >= 15 is 0 Å². The smallest absolute Gasteiger partial charge is 0.319 e. The predicted octanol–water partition coefficient (Wildman–Crippen LogP) is 0.928. The van der Waals surface area contributed by atoms with E-state index in [4.69, 9.17) is 5.73 Å². The molecule has 0 atom stereocenters. The van der Waals surface area contributed by atoms with Crippen molar-refractivity contribution in [1.29, 1.82) is 0 Å². The van der Waals surface area contributed by atoms with Gasteiger partial charge >= 0.3 is 6.03 Å². The van der Waals surface area contributed by atoms with Crippen LogP contribution in [-0.2, 0) is 4.79 Å². The van der Waals surface area contributed by atoms with E-state index in [-0.39, 0.29) is 0 Å². The molecule has 0 saturated heterocycles. The first-order valence-electron chi connectivity index (χ1n) is 3.87. The van der Waals surface area contributed by atoms with E-state index in [9.17, 15) is 9.59 Å². The summed E-state index contributed by atoms with van der Waals surface area (Å²) >= 11 is 0. The van der Waals surface area contributed by atoms with Crippen LogP contribution in [0.3, 0.4) is 0 Å². The molecule has 0 bridgehead atoms. The van der Waals surface area contributed by atoms with Crippen LogP contribution < -0.4 is 11.1 Å². The maximum absolute atomic E-state index is 11.1. The van der Waals surface area contributed by atoms with Crippen LogP contribution in [0.4, 0.5) is 4.79 Å². The van der Waals surface area contributed by atoms with E-state index < -0.39 is 11.9 Å². The Hall–Kier alpha value is -1.32. The number of allylic oxidation sites excluding steroid dienone is 1. The molecular formula is C8H14N2O2. The van der Waals surface area contributed by atoms with Crippen LogP contribution >= 0.6 is 0 Å². The SMILES string of the molecule is C/C=C(\CCC)C(=O)NC(N)=O. The van der Waals surface area contributed by atoms with Gasteiger partial charge in [-0.3, -0.25) is 10.1 Å². The third kappa shape index (κ3) is 3.75. The Balaban J connectivity index is 4.14. The summed E-state index contributed by atoms with van der Waals surface area (Å²) < 4.78 is 0. The first kappa shape index (κ1) is 10.7. The molecule has 12 heavy (non-hydrogen) atoms. The second kappa shape index (κ2) is 5.35. The summed E-state index contributed by atoms with van der Waals surface area (Å²) in [5.41, 5.74) is 5.38. The van der Waals surface area contributed by atoms with Crippen LogP contribution in [0, 0.1) is 0 Å². The van der Waals surface area contributed by atoms with E-state index in [1.54, 1.807) is 13.0 Å². The van der Waals surface area contributed by atoms with Gasteiger partial charge in [-0.1, -0.05) is 19.4 Å². The highest BCUT2D eigenvalue weighted by Crippen LogP contribution is 2.03. The zero-order chi connectivity index (χ0) is 9.56. The molecule has 0 saturated carbocycles. The van der Waals surface area contributed by atoms with Gasteiger partial charge in [0.2, 0.25) is 0 Å². The largest absolute Gasteiger partial charge is 0.351 e. The fraction of sp³-hybridized carbons (Fsp3) is 0.500. The molecule has 68 valence electrons. The molecule has 4 heteroatoms. The zero-order valence-corrected chi connectivity index (χ0v) is 7.39. The molecule has 0 aromatic rings. The Bertz CT molecular complexity index is 209. The van der Waals surface area contributed by atoms with Crippen LogP contribution in [-0.4, -0.2) is 11.9 Å². The van der Waals surface area contributed by atoms with Crippen LogP contribution in [0.1, 0.15) is 26.7 Å². The molecule has 0 heterocycles.